The molecule has 0 saturated heterocycles. The van der Waals surface area contributed by atoms with E-state index in [1.54, 1.807) is 11.0 Å². The smallest absolute Gasteiger partial charge is 0.255 e. The Morgan fingerprint density at radius 1 is 1.07 bits per heavy atom. The summed E-state index contributed by atoms with van der Waals surface area (Å²) in [6.45, 7) is 6.40. The SMILES string of the molecule is C=CCN(Cc1nc(-c2ccc(C)cc2)no1)C(=O)c1cccc2ccccc12. The van der Waals surface area contributed by atoms with E-state index in [4.69, 9.17) is 4.52 Å². The van der Waals surface area contributed by atoms with Gasteiger partial charge in [0, 0.05) is 17.7 Å². The lowest BCUT2D eigenvalue weighted by Gasteiger charge is -2.20. The van der Waals surface area contributed by atoms with Crippen molar-refractivity contribution in [1.29, 1.82) is 0 Å². The summed E-state index contributed by atoms with van der Waals surface area (Å²) in [6, 6.07) is 21.5. The molecule has 1 amide bonds. The second-order valence-corrected chi connectivity index (χ2v) is 6.88. The number of carbonyl (C=O) groups is 1. The van der Waals surface area contributed by atoms with Crippen molar-refractivity contribution in [2.75, 3.05) is 6.54 Å². The highest BCUT2D eigenvalue weighted by molar-refractivity contribution is 6.07. The molecule has 4 aromatic rings. The largest absolute Gasteiger partial charge is 0.337 e. The lowest BCUT2D eigenvalue weighted by atomic mass is 10.0. The maximum absolute atomic E-state index is 13.3. The third-order valence-corrected chi connectivity index (χ3v) is 4.76. The molecule has 0 N–H and O–H groups in total. The van der Waals surface area contributed by atoms with Crippen LogP contribution < -0.4 is 0 Å². The first kappa shape index (κ1) is 18.6. The zero-order valence-corrected chi connectivity index (χ0v) is 16.2. The highest BCUT2D eigenvalue weighted by Gasteiger charge is 2.20. The number of rotatable bonds is 6. The van der Waals surface area contributed by atoms with Gasteiger partial charge in [-0.25, -0.2) is 0 Å². The van der Waals surface area contributed by atoms with Crippen LogP contribution in [-0.2, 0) is 6.54 Å². The van der Waals surface area contributed by atoms with E-state index >= 15 is 0 Å². The van der Waals surface area contributed by atoms with Gasteiger partial charge in [-0.05, 0) is 23.8 Å². The highest BCUT2D eigenvalue weighted by Crippen LogP contribution is 2.22. The normalized spacial score (nSPS) is 10.8. The predicted octanol–water partition coefficient (Wildman–Crippen LogP) is 5.03. The fourth-order valence-electron chi connectivity index (χ4n) is 3.26. The van der Waals surface area contributed by atoms with Crippen LogP contribution in [0.4, 0.5) is 0 Å². The fraction of sp³-hybridized carbons (Fsp3) is 0.125. The minimum atomic E-state index is -0.100. The summed E-state index contributed by atoms with van der Waals surface area (Å²) in [6.07, 6.45) is 1.69. The molecule has 0 fully saturated rings. The molecule has 0 aliphatic heterocycles. The Kier molecular flexibility index (Phi) is 5.20. The maximum atomic E-state index is 13.3. The van der Waals surface area contributed by atoms with Gasteiger partial charge in [0.25, 0.3) is 5.91 Å². The number of hydrogen-bond donors (Lipinski definition) is 0. The number of aryl methyl sites for hydroxylation is 1. The van der Waals surface area contributed by atoms with Crippen molar-refractivity contribution in [3.05, 3.63) is 96.4 Å². The second-order valence-electron chi connectivity index (χ2n) is 6.88. The van der Waals surface area contributed by atoms with Crippen molar-refractivity contribution in [1.82, 2.24) is 15.0 Å². The number of hydrogen-bond acceptors (Lipinski definition) is 4. The van der Waals surface area contributed by atoms with Gasteiger partial charge >= 0.3 is 0 Å². The molecule has 29 heavy (non-hydrogen) atoms. The van der Waals surface area contributed by atoms with Crippen molar-refractivity contribution in [3.63, 3.8) is 0 Å². The monoisotopic (exact) mass is 383 g/mol. The molecule has 3 aromatic carbocycles. The zero-order chi connectivity index (χ0) is 20.2. The van der Waals surface area contributed by atoms with Crippen LogP contribution >= 0.6 is 0 Å². The lowest BCUT2D eigenvalue weighted by molar-refractivity contribution is 0.0747. The van der Waals surface area contributed by atoms with Crippen LogP contribution in [-0.4, -0.2) is 27.5 Å². The number of amides is 1. The van der Waals surface area contributed by atoms with Gasteiger partial charge < -0.3 is 9.42 Å². The van der Waals surface area contributed by atoms with Gasteiger partial charge in [0.2, 0.25) is 11.7 Å². The van der Waals surface area contributed by atoms with Gasteiger partial charge in [-0.2, -0.15) is 4.98 Å². The average Bonchev–Trinajstić information content (AvgIpc) is 3.21. The predicted molar refractivity (Wildman–Crippen MR) is 113 cm³/mol. The van der Waals surface area contributed by atoms with Crippen LogP contribution in [0.5, 0.6) is 0 Å². The minimum Gasteiger partial charge on any atom is -0.337 e. The second kappa shape index (κ2) is 8.10. The summed E-state index contributed by atoms with van der Waals surface area (Å²) in [5.74, 6) is 0.795. The van der Waals surface area contributed by atoms with E-state index < -0.39 is 0 Å². The zero-order valence-electron chi connectivity index (χ0n) is 16.2. The molecule has 0 radical (unpaired) electrons. The topological polar surface area (TPSA) is 59.2 Å². The van der Waals surface area contributed by atoms with Crippen LogP contribution in [0, 0.1) is 6.92 Å². The minimum absolute atomic E-state index is 0.100. The lowest BCUT2D eigenvalue weighted by Crippen LogP contribution is -2.31. The molecule has 0 unspecified atom stereocenters. The Labute approximate surface area is 169 Å². The van der Waals surface area contributed by atoms with Crippen molar-refractivity contribution in [2.24, 2.45) is 0 Å². The van der Waals surface area contributed by atoms with Gasteiger partial charge in [0.1, 0.15) is 6.54 Å². The van der Waals surface area contributed by atoms with Gasteiger partial charge in [-0.3, -0.25) is 4.79 Å². The first-order valence-corrected chi connectivity index (χ1v) is 9.43. The van der Waals surface area contributed by atoms with E-state index in [1.807, 2.05) is 73.7 Å². The van der Waals surface area contributed by atoms with E-state index in [0.29, 0.717) is 23.8 Å². The van der Waals surface area contributed by atoms with Gasteiger partial charge in [-0.15, -0.1) is 6.58 Å². The first-order chi connectivity index (χ1) is 14.2. The van der Waals surface area contributed by atoms with Crippen LogP contribution in [0.25, 0.3) is 22.2 Å². The Hall–Kier alpha value is -3.73. The summed E-state index contributed by atoms with van der Waals surface area (Å²) < 4.78 is 5.41. The van der Waals surface area contributed by atoms with Crippen molar-refractivity contribution in [2.45, 2.75) is 13.5 Å². The Morgan fingerprint density at radius 3 is 2.62 bits per heavy atom. The summed E-state index contributed by atoms with van der Waals surface area (Å²) in [5, 5.41) is 6.00. The molecule has 0 bridgehead atoms. The number of benzene rings is 3. The van der Waals surface area contributed by atoms with Crippen LogP contribution in [0.3, 0.4) is 0 Å². The third kappa shape index (κ3) is 3.94. The third-order valence-electron chi connectivity index (χ3n) is 4.76. The Balaban J connectivity index is 1.60. The van der Waals surface area contributed by atoms with E-state index in [0.717, 1.165) is 21.9 Å². The van der Waals surface area contributed by atoms with E-state index in [1.165, 1.54) is 0 Å². The number of aromatic nitrogens is 2. The van der Waals surface area contributed by atoms with E-state index in [9.17, 15) is 4.79 Å². The van der Waals surface area contributed by atoms with Gasteiger partial charge in [0.05, 0.1) is 0 Å². The first-order valence-electron chi connectivity index (χ1n) is 9.43. The molecular formula is C24H21N3O2. The van der Waals surface area contributed by atoms with Crippen LogP contribution in [0.1, 0.15) is 21.8 Å². The van der Waals surface area contributed by atoms with Gasteiger partial charge in [0.15, 0.2) is 0 Å². The molecule has 1 heterocycles. The Bertz CT molecular complexity index is 1160. The molecule has 1 aromatic heterocycles. The highest BCUT2D eigenvalue weighted by atomic mass is 16.5. The molecule has 5 nitrogen and oxygen atoms in total. The average molecular weight is 383 g/mol. The van der Waals surface area contributed by atoms with Crippen molar-refractivity contribution < 1.29 is 9.32 Å². The van der Waals surface area contributed by atoms with E-state index in [2.05, 4.69) is 16.7 Å². The number of carbonyl (C=O) groups excluding carboxylic acids is 1. The van der Waals surface area contributed by atoms with Gasteiger partial charge in [-0.1, -0.05) is 77.5 Å². The standard InChI is InChI=1S/C24H21N3O2/c1-3-15-27(24(28)21-10-6-8-18-7-4-5-9-20(18)21)16-22-25-23(26-29-22)19-13-11-17(2)12-14-19/h3-14H,1,15-16H2,2H3. The summed E-state index contributed by atoms with van der Waals surface area (Å²) in [5.41, 5.74) is 2.68. The molecule has 4 rings (SSSR count). The summed E-state index contributed by atoms with van der Waals surface area (Å²) in [7, 11) is 0. The van der Waals surface area contributed by atoms with E-state index in [-0.39, 0.29) is 12.5 Å². The molecular weight excluding hydrogens is 362 g/mol. The van der Waals surface area contributed by atoms with Crippen LogP contribution in [0.15, 0.2) is 83.9 Å². The molecule has 144 valence electrons. The number of fused-ring (bicyclic) bond motifs is 1. The Morgan fingerprint density at radius 2 is 1.83 bits per heavy atom. The number of nitrogens with zero attached hydrogens (tertiary/aromatic N) is 3. The molecule has 0 atom stereocenters. The maximum Gasteiger partial charge on any atom is 0.255 e. The molecule has 0 saturated carbocycles. The summed E-state index contributed by atoms with van der Waals surface area (Å²) >= 11 is 0. The van der Waals surface area contributed by atoms with Crippen molar-refractivity contribution in [3.8, 4) is 11.4 Å². The van der Waals surface area contributed by atoms with Crippen LogP contribution in [0.2, 0.25) is 0 Å². The molecule has 0 spiro atoms. The molecule has 5 heteroatoms. The molecule has 0 aliphatic carbocycles. The fourth-order valence-corrected chi connectivity index (χ4v) is 3.26. The molecule has 0 aliphatic rings. The van der Waals surface area contributed by atoms with Crippen molar-refractivity contribution >= 4 is 16.7 Å². The quantitative estimate of drug-likeness (QED) is 0.438. The summed E-state index contributed by atoms with van der Waals surface area (Å²) in [4.78, 5) is 19.4.